The Morgan fingerprint density at radius 2 is 1.33 bits per heavy atom. The van der Waals surface area contributed by atoms with Gasteiger partial charge in [-0.05, 0) is 51.9 Å². The van der Waals surface area contributed by atoms with Gasteiger partial charge in [-0.1, -0.05) is 54.6 Å². The molecule has 24 heavy (non-hydrogen) atoms. The fourth-order valence-corrected chi connectivity index (χ4v) is 3.69. The molecule has 0 aliphatic heterocycles. The predicted octanol–water partition coefficient (Wildman–Crippen LogP) is 5.81. The van der Waals surface area contributed by atoms with Crippen molar-refractivity contribution >= 4 is 27.8 Å². The van der Waals surface area contributed by atoms with Crippen LogP contribution in [0, 0.1) is 0 Å². The van der Waals surface area contributed by atoms with E-state index >= 15 is 0 Å². The van der Waals surface area contributed by atoms with Crippen molar-refractivity contribution in [2.45, 2.75) is 0 Å². The van der Waals surface area contributed by atoms with E-state index in [1.165, 1.54) is 33.0 Å². The minimum Gasteiger partial charge on any atom is -0.399 e. The maximum absolute atomic E-state index is 5.90. The van der Waals surface area contributed by atoms with Crippen LogP contribution in [0.5, 0.6) is 0 Å². The summed E-state index contributed by atoms with van der Waals surface area (Å²) >= 11 is 0. The lowest BCUT2D eigenvalue weighted by molar-refractivity contribution is 1.58. The molecular formula is C22H16N2. The van der Waals surface area contributed by atoms with Gasteiger partial charge in [-0.2, -0.15) is 0 Å². The van der Waals surface area contributed by atoms with E-state index in [0.717, 1.165) is 17.1 Å². The number of hydrogen-bond donors (Lipinski definition) is 2. The van der Waals surface area contributed by atoms with E-state index < -0.39 is 0 Å². The Morgan fingerprint density at radius 3 is 2.12 bits per heavy atom. The zero-order chi connectivity index (χ0) is 16.1. The van der Waals surface area contributed by atoms with Crippen molar-refractivity contribution in [3.63, 3.8) is 0 Å². The molecule has 0 amide bonds. The zero-order valence-electron chi connectivity index (χ0n) is 13.1. The minimum atomic E-state index is 0.762. The van der Waals surface area contributed by atoms with E-state index in [0.29, 0.717) is 0 Å². The summed E-state index contributed by atoms with van der Waals surface area (Å²) < 4.78 is 0. The maximum Gasteiger partial charge on any atom is 0.0464 e. The van der Waals surface area contributed by atoms with Gasteiger partial charge < -0.3 is 11.1 Å². The van der Waals surface area contributed by atoms with Crippen LogP contribution in [0.3, 0.4) is 0 Å². The van der Waals surface area contributed by atoms with Crippen molar-refractivity contribution in [1.82, 2.24) is 0 Å². The van der Waals surface area contributed by atoms with Gasteiger partial charge in [0.1, 0.15) is 0 Å². The SMILES string of the molecule is Nc1cccc(Nc2ccc3c4c(cccc24)-c2ccccc2-3)c1. The van der Waals surface area contributed by atoms with Crippen LogP contribution in [0.15, 0.2) is 78.9 Å². The molecule has 0 heterocycles. The minimum absolute atomic E-state index is 0.762. The van der Waals surface area contributed by atoms with E-state index in [4.69, 9.17) is 5.73 Å². The quantitative estimate of drug-likeness (QED) is 0.404. The zero-order valence-corrected chi connectivity index (χ0v) is 13.1. The molecule has 3 N–H and O–H groups in total. The first-order valence-corrected chi connectivity index (χ1v) is 8.09. The van der Waals surface area contributed by atoms with Crippen LogP contribution in [0.2, 0.25) is 0 Å². The number of anilines is 3. The van der Waals surface area contributed by atoms with Crippen molar-refractivity contribution in [3.05, 3.63) is 78.9 Å². The van der Waals surface area contributed by atoms with E-state index in [1.54, 1.807) is 0 Å². The largest absolute Gasteiger partial charge is 0.399 e. The average Bonchev–Trinajstić information content (AvgIpc) is 2.93. The standard InChI is InChI=1S/C22H16N2/c23-14-5-3-6-15(13-14)24-21-12-11-19-17-8-2-1-7-16(17)18-9-4-10-20(21)22(18)19/h1-13,24H,23H2. The fourth-order valence-electron chi connectivity index (χ4n) is 3.69. The molecule has 2 heteroatoms. The first-order chi connectivity index (χ1) is 11.8. The molecule has 0 spiro atoms. The first-order valence-electron chi connectivity index (χ1n) is 8.09. The molecule has 0 radical (unpaired) electrons. The van der Waals surface area contributed by atoms with Gasteiger partial charge in [0.05, 0.1) is 0 Å². The third-order valence-corrected chi connectivity index (χ3v) is 4.71. The van der Waals surface area contributed by atoms with Crippen LogP contribution in [-0.2, 0) is 0 Å². The van der Waals surface area contributed by atoms with Crippen LogP contribution in [0.1, 0.15) is 0 Å². The molecule has 5 rings (SSSR count). The van der Waals surface area contributed by atoms with Crippen LogP contribution in [0.4, 0.5) is 17.1 Å². The number of nitrogen functional groups attached to an aromatic ring is 1. The van der Waals surface area contributed by atoms with Crippen molar-refractivity contribution in [3.8, 4) is 22.3 Å². The monoisotopic (exact) mass is 308 g/mol. The molecule has 0 saturated heterocycles. The van der Waals surface area contributed by atoms with Gasteiger partial charge >= 0.3 is 0 Å². The van der Waals surface area contributed by atoms with Crippen molar-refractivity contribution < 1.29 is 0 Å². The third-order valence-electron chi connectivity index (χ3n) is 4.71. The molecule has 0 saturated carbocycles. The number of fused-ring (bicyclic) bond motifs is 3. The lowest BCUT2D eigenvalue weighted by atomic mass is 10.0. The highest BCUT2D eigenvalue weighted by Crippen LogP contribution is 2.48. The first kappa shape index (κ1) is 13.2. The Labute approximate surface area is 140 Å². The van der Waals surface area contributed by atoms with E-state index in [-0.39, 0.29) is 0 Å². The number of nitrogens with one attached hydrogen (secondary N) is 1. The molecule has 2 nitrogen and oxygen atoms in total. The van der Waals surface area contributed by atoms with E-state index in [1.807, 2.05) is 24.3 Å². The fraction of sp³-hybridized carbons (Fsp3) is 0. The number of benzene rings is 4. The highest BCUT2D eigenvalue weighted by Gasteiger charge is 2.21. The molecule has 1 aliphatic carbocycles. The summed E-state index contributed by atoms with van der Waals surface area (Å²) in [5.41, 5.74) is 14.0. The Hall–Kier alpha value is -3.26. The molecule has 4 aromatic carbocycles. The lowest BCUT2D eigenvalue weighted by Crippen LogP contribution is -1.93. The number of nitrogens with two attached hydrogens (primary N) is 1. The van der Waals surface area contributed by atoms with Gasteiger partial charge in [0.25, 0.3) is 0 Å². The normalized spacial score (nSPS) is 11.5. The molecule has 0 atom stereocenters. The Kier molecular flexibility index (Phi) is 2.68. The smallest absolute Gasteiger partial charge is 0.0464 e. The lowest BCUT2D eigenvalue weighted by Gasteiger charge is -2.12. The molecule has 0 fully saturated rings. The summed E-state index contributed by atoms with van der Waals surface area (Å²) in [4.78, 5) is 0. The molecule has 0 aromatic heterocycles. The van der Waals surface area contributed by atoms with Gasteiger partial charge in [0, 0.05) is 22.4 Å². The van der Waals surface area contributed by atoms with Gasteiger partial charge in [0.15, 0.2) is 0 Å². The van der Waals surface area contributed by atoms with Crippen LogP contribution in [0.25, 0.3) is 33.0 Å². The maximum atomic E-state index is 5.90. The molecule has 4 aromatic rings. The second-order valence-corrected chi connectivity index (χ2v) is 6.18. The molecule has 0 bridgehead atoms. The van der Waals surface area contributed by atoms with Crippen molar-refractivity contribution in [2.24, 2.45) is 0 Å². The molecule has 1 aliphatic rings. The Morgan fingerprint density at radius 1 is 0.625 bits per heavy atom. The Balaban J connectivity index is 1.73. The Bertz CT molecular complexity index is 1070. The highest BCUT2D eigenvalue weighted by atomic mass is 14.9. The topological polar surface area (TPSA) is 38.0 Å². The summed E-state index contributed by atoms with van der Waals surface area (Å²) in [6.07, 6.45) is 0. The molecule has 0 unspecified atom stereocenters. The van der Waals surface area contributed by atoms with Gasteiger partial charge in [-0.15, -0.1) is 0 Å². The summed E-state index contributed by atoms with van der Waals surface area (Å²) in [6.45, 7) is 0. The molecule has 114 valence electrons. The average molecular weight is 308 g/mol. The summed E-state index contributed by atoms with van der Waals surface area (Å²) in [5, 5.41) is 6.08. The van der Waals surface area contributed by atoms with Gasteiger partial charge in [-0.3, -0.25) is 0 Å². The van der Waals surface area contributed by atoms with Crippen LogP contribution < -0.4 is 11.1 Å². The van der Waals surface area contributed by atoms with E-state index in [2.05, 4.69) is 59.9 Å². The second-order valence-electron chi connectivity index (χ2n) is 6.18. The summed E-state index contributed by atoms with van der Waals surface area (Å²) in [7, 11) is 0. The second kappa shape index (κ2) is 4.87. The third kappa shape index (κ3) is 1.83. The molecular weight excluding hydrogens is 292 g/mol. The van der Waals surface area contributed by atoms with Crippen LogP contribution >= 0.6 is 0 Å². The predicted molar refractivity (Wildman–Crippen MR) is 103 cm³/mol. The van der Waals surface area contributed by atoms with Gasteiger partial charge in [-0.25, -0.2) is 0 Å². The van der Waals surface area contributed by atoms with Crippen LogP contribution in [-0.4, -0.2) is 0 Å². The summed E-state index contributed by atoms with van der Waals surface area (Å²) in [5.74, 6) is 0. The van der Waals surface area contributed by atoms with Crippen molar-refractivity contribution in [2.75, 3.05) is 11.1 Å². The highest BCUT2D eigenvalue weighted by molar-refractivity contribution is 6.18. The van der Waals surface area contributed by atoms with Gasteiger partial charge in [0.2, 0.25) is 0 Å². The van der Waals surface area contributed by atoms with Crippen molar-refractivity contribution in [1.29, 1.82) is 0 Å². The number of hydrogen-bond acceptors (Lipinski definition) is 2. The number of rotatable bonds is 2. The van der Waals surface area contributed by atoms with E-state index in [9.17, 15) is 0 Å². The summed E-state index contributed by atoms with van der Waals surface area (Å²) in [6, 6.07) is 27.4.